The van der Waals surface area contributed by atoms with E-state index in [0.29, 0.717) is 23.8 Å². The van der Waals surface area contributed by atoms with Crippen LogP contribution in [0.3, 0.4) is 0 Å². The maximum atomic E-state index is 12.9. The molecule has 0 bridgehead atoms. The van der Waals surface area contributed by atoms with Crippen LogP contribution in [0.4, 0.5) is 24.7 Å². The van der Waals surface area contributed by atoms with Crippen molar-refractivity contribution in [3.8, 4) is 17.0 Å². The Kier molecular flexibility index (Phi) is 8.45. The molecule has 0 aliphatic carbocycles. The third-order valence-electron chi connectivity index (χ3n) is 5.72. The molecule has 1 fully saturated rings. The van der Waals surface area contributed by atoms with Crippen LogP contribution in [0, 0.1) is 0 Å². The SMILES string of the molecule is CN1CCN(CC(=O)Nc2cc(C(=O)Nc3cnc(-c4cccc(Cl)c4)cn3)ccc2OC(F)(F)F)CC1. The molecule has 1 aliphatic rings. The van der Waals surface area contributed by atoms with Crippen molar-refractivity contribution in [1.29, 1.82) is 0 Å². The van der Waals surface area contributed by atoms with Gasteiger partial charge < -0.3 is 20.3 Å². The molecule has 0 saturated carbocycles. The lowest BCUT2D eigenvalue weighted by Crippen LogP contribution is -2.47. The second kappa shape index (κ2) is 11.8. The zero-order valence-electron chi connectivity index (χ0n) is 20.3. The number of aromatic nitrogens is 2. The summed E-state index contributed by atoms with van der Waals surface area (Å²) in [6.45, 7) is 2.83. The predicted octanol–water partition coefficient (Wildman–Crippen LogP) is 4.13. The fraction of sp³-hybridized carbons (Fsp3) is 0.280. The first-order valence-electron chi connectivity index (χ1n) is 11.6. The second-order valence-corrected chi connectivity index (χ2v) is 9.07. The quantitative estimate of drug-likeness (QED) is 0.458. The van der Waals surface area contributed by atoms with Crippen molar-refractivity contribution in [2.45, 2.75) is 6.36 Å². The van der Waals surface area contributed by atoms with Crippen LogP contribution in [-0.4, -0.2) is 77.7 Å². The molecule has 38 heavy (non-hydrogen) atoms. The third kappa shape index (κ3) is 7.63. The molecular formula is C25H24ClF3N6O3. The number of piperazine rings is 1. The van der Waals surface area contributed by atoms with E-state index in [1.165, 1.54) is 12.4 Å². The van der Waals surface area contributed by atoms with Crippen LogP contribution in [0.1, 0.15) is 10.4 Å². The van der Waals surface area contributed by atoms with Crippen LogP contribution in [0.15, 0.2) is 54.9 Å². The Hall–Kier alpha value is -3.74. The summed E-state index contributed by atoms with van der Waals surface area (Å²) in [7, 11) is 1.97. The monoisotopic (exact) mass is 548 g/mol. The summed E-state index contributed by atoms with van der Waals surface area (Å²) >= 11 is 6.00. The van der Waals surface area contributed by atoms with Gasteiger partial charge in [-0.25, -0.2) is 4.98 Å². The molecule has 4 rings (SSSR count). The molecule has 13 heteroatoms. The minimum absolute atomic E-state index is 0.00964. The largest absolute Gasteiger partial charge is 0.573 e. The molecule has 0 radical (unpaired) electrons. The lowest BCUT2D eigenvalue weighted by Gasteiger charge is -2.31. The highest BCUT2D eigenvalue weighted by molar-refractivity contribution is 6.30. The van der Waals surface area contributed by atoms with E-state index in [9.17, 15) is 22.8 Å². The molecule has 2 aromatic carbocycles. The van der Waals surface area contributed by atoms with Gasteiger partial charge in [-0.2, -0.15) is 0 Å². The summed E-state index contributed by atoms with van der Waals surface area (Å²) in [6.07, 6.45) is -2.19. The van der Waals surface area contributed by atoms with Crippen LogP contribution < -0.4 is 15.4 Å². The Morgan fingerprint density at radius 3 is 2.45 bits per heavy atom. The summed E-state index contributed by atoms with van der Waals surface area (Å²) < 4.78 is 42.9. The molecule has 0 atom stereocenters. The van der Waals surface area contributed by atoms with E-state index in [-0.39, 0.29) is 23.6 Å². The lowest BCUT2D eigenvalue weighted by molar-refractivity contribution is -0.274. The highest BCUT2D eigenvalue weighted by Crippen LogP contribution is 2.31. The van der Waals surface area contributed by atoms with Gasteiger partial charge >= 0.3 is 6.36 Å². The molecule has 2 heterocycles. The number of likely N-dealkylation sites (N-methyl/N-ethyl adjacent to an activating group) is 1. The van der Waals surface area contributed by atoms with Crippen molar-refractivity contribution in [3.05, 3.63) is 65.4 Å². The van der Waals surface area contributed by atoms with E-state index >= 15 is 0 Å². The van der Waals surface area contributed by atoms with Gasteiger partial charge in [0, 0.05) is 42.3 Å². The molecule has 1 saturated heterocycles. The van der Waals surface area contributed by atoms with Crippen molar-refractivity contribution in [1.82, 2.24) is 19.8 Å². The first-order valence-corrected chi connectivity index (χ1v) is 11.9. The van der Waals surface area contributed by atoms with Crippen LogP contribution in [0.25, 0.3) is 11.3 Å². The molecule has 0 spiro atoms. The minimum Gasteiger partial charge on any atom is -0.404 e. The molecule has 1 aromatic heterocycles. The summed E-state index contributed by atoms with van der Waals surface area (Å²) in [5, 5.41) is 5.52. The van der Waals surface area contributed by atoms with Crippen LogP contribution in [0.5, 0.6) is 5.75 Å². The number of hydrogen-bond acceptors (Lipinski definition) is 7. The number of amides is 2. The molecule has 9 nitrogen and oxygen atoms in total. The Morgan fingerprint density at radius 1 is 1.03 bits per heavy atom. The van der Waals surface area contributed by atoms with E-state index in [1.54, 1.807) is 24.3 Å². The molecule has 2 N–H and O–H groups in total. The molecule has 3 aromatic rings. The van der Waals surface area contributed by atoms with Gasteiger partial charge in [-0.3, -0.25) is 19.5 Å². The number of carbonyl (C=O) groups excluding carboxylic acids is 2. The van der Waals surface area contributed by atoms with E-state index in [0.717, 1.165) is 36.9 Å². The van der Waals surface area contributed by atoms with Gasteiger partial charge in [0.1, 0.15) is 0 Å². The maximum absolute atomic E-state index is 12.9. The highest BCUT2D eigenvalue weighted by atomic mass is 35.5. The summed E-state index contributed by atoms with van der Waals surface area (Å²) in [6, 6.07) is 10.3. The first-order chi connectivity index (χ1) is 18.1. The summed E-state index contributed by atoms with van der Waals surface area (Å²) in [5.41, 5.74) is 0.969. The number of rotatable bonds is 7. The molecule has 2 amide bonds. The van der Waals surface area contributed by atoms with Gasteiger partial charge in [-0.1, -0.05) is 23.7 Å². The number of nitrogens with one attached hydrogen (secondary N) is 2. The van der Waals surface area contributed by atoms with E-state index in [4.69, 9.17) is 11.6 Å². The number of nitrogens with zero attached hydrogens (tertiary/aromatic N) is 4. The molecule has 1 aliphatic heterocycles. The second-order valence-electron chi connectivity index (χ2n) is 8.64. The van der Waals surface area contributed by atoms with Gasteiger partial charge in [0.25, 0.3) is 5.91 Å². The van der Waals surface area contributed by atoms with Crippen LogP contribution in [-0.2, 0) is 4.79 Å². The van der Waals surface area contributed by atoms with Gasteiger partial charge in [0.15, 0.2) is 11.6 Å². The standard InChI is InChI=1S/C25H24ClF3N6O3/c1-34-7-9-35(10-8-34)15-23(36)32-19-12-17(5-6-21(19)38-25(27,28)29)24(37)33-22-14-30-20(13-31-22)16-3-2-4-18(26)11-16/h2-6,11-14H,7-10,15H2,1H3,(H,32,36)(H,31,33,37). The first kappa shape index (κ1) is 27.3. The summed E-state index contributed by atoms with van der Waals surface area (Å²) in [4.78, 5) is 37.8. The predicted molar refractivity (Wildman–Crippen MR) is 136 cm³/mol. The van der Waals surface area contributed by atoms with Gasteiger partial charge in [0.05, 0.1) is 30.3 Å². The van der Waals surface area contributed by atoms with Crippen molar-refractivity contribution in [2.24, 2.45) is 0 Å². The third-order valence-corrected chi connectivity index (χ3v) is 5.95. The fourth-order valence-corrected chi connectivity index (χ4v) is 3.95. The maximum Gasteiger partial charge on any atom is 0.573 e. The van der Waals surface area contributed by atoms with E-state index in [2.05, 4.69) is 30.2 Å². The van der Waals surface area contributed by atoms with Crippen molar-refractivity contribution >= 4 is 34.9 Å². The normalized spacial score (nSPS) is 14.7. The number of carbonyl (C=O) groups is 2. The van der Waals surface area contributed by atoms with E-state index in [1.807, 2.05) is 11.9 Å². The number of halogens is 4. The number of benzene rings is 2. The topological polar surface area (TPSA) is 99.7 Å². The fourth-order valence-electron chi connectivity index (χ4n) is 3.76. The Balaban J connectivity index is 1.47. The number of anilines is 2. The van der Waals surface area contributed by atoms with Crippen LogP contribution >= 0.6 is 11.6 Å². The van der Waals surface area contributed by atoms with E-state index < -0.39 is 23.9 Å². The van der Waals surface area contributed by atoms with Crippen molar-refractivity contribution in [2.75, 3.05) is 50.4 Å². The Morgan fingerprint density at radius 2 is 1.79 bits per heavy atom. The smallest absolute Gasteiger partial charge is 0.404 e. The zero-order valence-corrected chi connectivity index (χ0v) is 21.0. The zero-order chi connectivity index (χ0) is 27.3. The Bertz CT molecular complexity index is 1300. The lowest BCUT2D eigenvalue weighted by atomic mass is 10.1. The molecule has 200 valence electrons. The van der Waals surface area contributed by atoms with Gasteiger partial charge in [0.2, 0.25) is 5.91 Å². The number of hydrogen-bond donors (Lipinski definition) is 2. The minimum atomic E-state index is -4.99. The molecule has 0 unspecified atom stereocenters. The Labute approximate surface area is 221 Å². The average Bonchev–Trinajstić information content (AvgIpc) is 2.86. The molecular weight excluding hydrogens is 525 g/mol. The summed E-state index contributed by atoms with van der Waals surface area (Å²) in [5.74, 6) is -1.70. The number of alkyl halides is 3. The highest BCUT2D eigenvalue weighted by Gasteiger charge is 2.32. The van der Waals surface area contributed by atoms with Gasteiger partial charge in [-0.15, -0.1) is 13.2 Å². The van der Waals surface area contributed by atoms with Gasteiger partial charge in [-0.05, 0) is 37.4 Å². The van der Waals surface area contributed by atoms with Crippen LogP contribution in [0.2, 0.25) is 5.02 Å². The van der Waals surface area contributed by atoms with Crippen molar-refractivity contribution in [3.63, 3.8) is 0 Å². The number of ether oxygens (including phenoxy) is 1. The average molecular weight is 549 g/mol. The van der Waals surface area contributed by atoms with Crippen molar-refractivity contribution < 1.29 is 27.5 Å².